The van der Waals surface area contributed by atoms with Gasteiger partial charge in [-0.05, 0) is 56.6 Å². The van der Waals surface area contributed by atoms with Crippen LogP contribution in [0.3, 0.4) is 0 Å². The van der Waals surface area contributed by atoms with Gasteiger partial charge in [-0.15, -0.1) is 0 Å². The zero-order valence-corrected chi connectivity index (χ0v) is 15.7. The van der Waals surface area contributed by atoms with Crippen LogP contribution in [-0.4, -0.2) is 48.2 Å². The van der Waals surface area contributed by atoms with Crippen molar-refractivity contribution in [1.82, 2.24) is 14.9 Å². The highest BCUT2D eigenvalue weighted by atomic mass is 16.5. The molecule has 142 valence electrons. The van der Waals surface area contributed by atoms with Gasteiger partial charge in [0.2, 0.25) is 0 Å². The third-order valence-electron chi connectivity index (χ3n) is 4.98. The van der Waals surface area contributed by atoms with Gasteiger partial charge in [-0.1, -0.05) is 0 Å². The molecule has 3 aromatic rings. The standard InChI is InChI=1S/C21H26N4O2/c1-26-19-6-5-16(24-21-17-7-9-22-18(17)8-10-23-21)15-20(19)27-14-4-13-25-11-2-3-12-25/h5-10,15,22H,2-4,11-14H2,1H3,(H,23,24). The number of aromatic amines is 1. The highest BCUT2D eigenvalue weighted by molar-refractivity contribution is 5.91. The van der Waals surface area contributed by atoms with Crippen LogP contribution >= 0.6 is 0 Å². The predicted molar refractivity (Wildman–Crippen MR) is 108 cm³/mol. The van der Waals surface area contributed by atoms with Crippen molar-refractivity contribution in [3.05, 3.63) is 42.7 Å². The molecule has 0 spiro atoms. The molecule has 0 aliphatic carbocycles. The average Bonchev–Trinajstić information content (AvgIpc) is 3.37. The summed E-state index contributed by atoms with van der Waals surface area (Å²) in [6, 6.07) is 9.85. The number of nitrogens with one attached hydrogen (secondary N) is 2. The molecule has 1 aliphatic heterocycles. The molecule has 0 atom stereocenters. The van der Waals surface area contributed by atoms with Crippen molar-refractivity contribution in [3.8, 4) is 11.5 Å². The number of H-pyrrole nitrogens is 1. The highest BCUT2D eigenvalue weighted by Gasteiger charge is 2.12. The lowest BCUT2D eigenvalue weighted by Crippen LogP contribution is -2.21. The van der Waals surface area contributed by atoms with E-state index >= 15 is 0 Å². The van der Waals surface area contributed by atoms with Crippen molar-refractivity contribution in [1.29, 1.82) is 0 Å². The predicted octanol–water partition coefficient (Wildman–Crippen LogP) is 4.18. The minimum atomic E-state index is 0.682. The first-order valence-electron chi connectivity index (χ1n) is 9.56. The largest absolute Gasteiger partial charge is 0.493 e. The molecule has 1 saturated heterocycles. The van der Waals surface area contributed by atoms with Gasteiger partial charge < -0.3 is 24.7 Å². The molecule has 3 heterocycles. The van der Waals surface area contributed by atoms with E-state index in [1.165, 1.54) is 25.9 Å². The van der Waals surface area contributed by atoms with Crippen molar-refractivity contribution in [2.45, 2.75) is 19.3 Å². The van der Waals surface area contributed by atoms with Crippen LogP contribution in [0.2, 0.25) is 0 Å². The topological polar surface area (TPSA) is 62.4 Å². The van der Waals surface area contributed by atoms with E-state index in [1.54, 1.807) is 13.3 Å². The molecule has 0 unspecified atom stereocenters. The Balaban J connectivity index is 1.43. The number of hydrogen-bond acceptors (Lipinski definition) is 5. The first-order valence-corrected chi connectivity index (χ1v) is 9.56. The molecule has 1 aliphatic rings. The second kappa shape index (κ2) is 8.31. The fourth-order valence-electron chi connectivity index (χ4n) is 3.56. The summed E-state index contributed by atoms with van der Waals surface area (Å²) in [6.07, 6.45) is 7.38. The first kappa shape index (κ1) is 17.7. The quantitative estimate of drug-likeness (QED) is 0.586. The molecule has 4 rings (SSSR count). The molecule has 1 fully saturated rings. The molecular weight excluding hydrogens is 340 g/mol. The van der Waals surface area contributed by atoms with Gasteiger partial charge in [0.25, 0.3) is 0 Å². The van der Waals surface area contributed by atoms with Gasteiger partial charge in [0.05, 0.1) is 19.2 Å². The van der Waals surface area contributed by atoms with Crippen LogP contribution in [0.5, 0.6) is 11.5 Å². The maximum Gasteiger partial charge on any atom is 0.163 e. The molecule has 6 nitrogen and oxygen atoms in total. The SMILES string of the molecule is COc1ccc(Nc2nccc3[nH]ccc23)cc1OCCCN1CCCC1. The van der Waals surface area contributed by atoms with Crippen LogP contribution in [0.25, 0.3) is 10.9 Å². The van der Waals surface area contributed by atoms with Crippen LogP contribution < -0.4 is 14.8 Å². The number of ether oxygens (including phenoxy) is 2. The van der Waals surface area contributed by atoms with E-state index < -0.39 is 0 Å². The van der Waals surface area contributed by atoms with Gasteiger partial charge >= 0.3 is 0 Å². The molecule has 0 bridgehead atoms. The second-order valence-corrected chi connectivity index (χ2v) is 6.84. The Morgan fingerprint density at radius 2 is 2.04 bits per heavy atom. The lowest BCUT2D eigenvalue weighted by molar-refractivity contribution is 0.254. The number of benzene rings is 1. The molecule has 0 radical (unpaired) electrons. The number of anilines is 2. The number of hydrogen-bond donors (Lipinski definition) is 2. The Labute approximate surface area is 159 Å². The third kappa shape index (κ3) is 4.17. The summed E-state index contributed by atoms with van der Waals surface area (Å²) in [5.41, 5.74) is 1.98. The summed E-state index contributed by atoms with van der Waals surface area (Å²) in [6.45, 7) is 4.22. The summed E-state index contributed by atoms with van der Waals surface area (Å²) >= 11 is 0. The molecule has 2 aromatic heterocycles. The van der Waals surface area contributed by atoms with E-state index in [0.717, 1.165) is 46.9 Å². The summed E-state index contributed by atoms with van der Waals surface area (Å²) in [5, 5.41) is 4.44. The van der Waals surface area contributed by atoms with Gasteiger partial charge in [-0.3, -0.25) is 0 Å². The van der Waals surface area contributed by atoms with Crippen LogP contribution in [0, 0.1) is 0 Å². The highest BCUT2D eigenvalue weighted by Crippen LogP contribution is 2.32. The molecule has 27 heavy (non-hydrogen) atoms. The van der Waals surface area contributed by atoms with Crippen LogP contribution in [0.1, 0.15) is 19.3 Å². The molecule has 6 heteroatoms. The molecule has 0 saturated carbocycles. The number of methoxy groups -OCH3 is 1. The van der Waals surface area contributed by atoms with Crippen molar-refractivity contribution < 1.29 is 9.47 Å². The van der Waals surface area contributed by atoms with Crippen LogP contribution in [0.15, 0.2) is 42.7 Å². The second-order valence-electron chi connectivity index (χ2n) is 6.84. The normalized spacial score (nSPS) is 14.6. The summed E-state index contributed by atoms with van der Waals surface area (Å²) in [5.74, 6) is 2.32. The minimum Gasteiger partial charge on any atom is -0.493 e. The third-order valence-corrected chi connectivity index (χ3v) is 4.98. The molecule has 1 aromatic carbocycles. The van der Waals surface area contributed by atoms with E-state index in [4.69, 9.17) is 9.47 Å². The summed E-state index contributed by atoms with van der Waals surface area (Å²) in [4.78, 5) is 10.2. The summed E-state index contributed by atoms with van der Waals surface area (Å²) in [7, 11) is 1.67. The van der Waals surface area contributed by atoms with Gasteiger partial charge in [-0.2, -0.15) is 0 Å². The first-order chi connectivity index (χ1) is 13.3. The zero-order valence-electron chi connectivity index (χ0n) is 15.7. The Kier molecular flexibility index (Phi) is 5.44. The van der Waals surface area contributed by atoms with Gasteiger partial charge in [0, 0.05) is 36.1 Å². The Bertz CT molecular complexity index is 887. The maximum absolute atomic E-state index is 6.02. The van der Waals surface area contributed by atoms with Crippen molar-refractivity contribution in [3.63, 3.8) is 0 Å². The Hall–Kier alpha value is -2.73. The number of rotatable bonds is 8. The Morgan fingerprint density at radius 3 is 2.89 bits per heavy atom. The minimum absolute atomic E-state index is 0.682. The number of fused-ring (bicyclic) bond motifs is 1. The monoisotopic (exact) mass is 366 g/mol. The van der Waals surface area contributed by atoms with Gasteiger partial charge in [0.1, 0.15) is 5.82 Å². The fraction of sp³-hybridized carbons (Fsp3) is 0.381. The van der Waals surface area contributed by atoms with Gasteiger partial charge in [-0.25, -0.2) is 4.98 Å². The number of aromatic nitrogens is 2. The van der Waals surface area contributed by atoms with Gasteiger partial charge in [0.15, 0.2) is 11.5 Å². The number of nitrogens with zero attached hydrogens (tertiary/aromatic N) is 2. The van der Waals surface area contributed by atoms with E-state index in [-0.39, 0.29) is 0 Å². The zero-order chi connectivity index (χ0) is 18.5. The van der Waals surface area contributed by atoms with Crippen molar-refractivity contribution in [2.24, 2.45) is 0 Å². The molecule has 2 N–H and O–H groups in total. The maximum atomic E-state index is 6.02. The number of pyridine rings is 1. The lowest BCUT2D eigenvalue weighted by atomic mass is 10.2. The van der Waals surface area contributed by atoms with Crippen LogP contribution in [-0.2, 0) is 0 Å². The fourth-order valence-corrected chi connectivity index (χ4v) is 3.56. The molecular formula is C21H26N4O2. The van der Waals surface area contributed by atoms with E-state index in [0.29, 0.717) is 6.61 Å². The van der Waals surface area contributed by atoms with Crippen molar-refractivity contribution in [2.75, 3.05) is 38.7 Å². The smallest absolute Gasteiger partial charge is 0.163 e. The average molecular weight is 366 g/mol. The summed E-state index contributed by atoms with van der Waals surface area (Å²) < 4.78 is 11.5. The molecule has 0 amide bonds. The van der Waals surface area contributed by atoms with E-state index in [2.05, 4.69) is 20.2 Å². The Morgan fingerprint density at radius 1 is 1.15 bits per heavy atom. The van der Waals surface area contributed by atoms with E-state index in [9.17, 15) is 0 Å². The lowest BCUT2D eigenvalue weighted by Gasteiger charge is -2.16. The van der Waals surface area contributed by atoms with Crippen molar-refractivity contribution >= 4 is 22.4 Å². The van der Waals surface area contributed by atoms with Crippen LogP contribution in [0.4, 0.5) is 11.5 Å². The number of likely N-dealkylation sites (tertiary alicyclic amines) is 1. The van der Waals surface area contributed by atoms with E-state index in [1.807, 2.05) is 36.5 Å².